The Bertz CT molecular complexity index is 3880. The van der Waals surface area contributed by atoms with E-state index in [0.717, 1.165) is 57.1 Å². The highest BCUT2D eigenvalue weighted by molar-refractivity contribution is 7.52. The molecule has 28 heteroatoms. The minimum absolute atomic E-state index is 0.0135. The lowest BCUT2D eigenvalue weighted by molar-refractivity contribution is -0.145. The normalized spacial score (nSPS) is 19.2. The van der Waals surface area contributed by atoms with E-state index in [-0.39, 0.29) is 99.4 Å². The maximum Gasteiger partial charge on any atom is 0.399 e. The Hall–Kier alpha value is -8.75. The molecule has 8 atom stereocenters. The SMILES string of the molecule is Cc1ncsc1-c1ccc([C@H](C)NC(=O)[C@@H]2C[C@@H](O)CN2C(=O)C(NC(=O)CCCCCCCC(=O)N2CC[C@H]3CC[C@@H](C(=O)NC(CCC(N)=O)C(=O)NC(c4ccccc4)c4ccccc4)N3C(=O)[C@@H](NC(=O)c3cc4cc(C(F)(F)P(=O)(O)O)ccc4[nH]3)C2)C(C)(C)C)cc1. The van der Waals surface area contributed by atoms with Gasteiger partial charge in [-0.1, -0.05) is 131 Å². The highest BCUT2D eigenvalue weighted by Crippen LogP contribution is 2.59. The van der Waals surface area contributed by atoms with Crippen LogP contribution in [0.2, 0.25) is 0 Å². The smallest absolute Gasteiger partial charge is 0.391 e. The van der Waals surface area contributed by atoms with Crippen LogP contribution < -0.4 is 32.3 Å². The summed E-state index contributed by atoms with van der Waals surface area (Å²) in [4.78, 5) is 158. The summed E-state index contributed by atoms with van der Waals surface area (Å²) in [5.74, 6) is -5.33. The first kappa shape index (κ1) is 73.5. The first-order valence-corrected chi connectivity index (χ1v) is 35.5. The number of amides is 9. The van der Waals surface area contributed by atoms with Crippen LogP contribution in [0, 0.1) is 12.3 Å². The van der Waals surface area contributed by atoms with E-state index in [1.54, 1.807) is 16.8 Å². The van der Waals surface area contributed by atoms with Crippen LogP contribution in [0.3, 0.4) is 0 Å². The lowest BCUT2D eigenvalue weighted by atomic mass is 9.85. The fourth-order valence-corrected chi connectivity index (χ4v) is 14.3. The largest absolute Gasteiger partial charge is 0.399 e. The Morgan fingerprint density at radius 1 is 0.765 bits per heavy atom. The summed E-state index contributed by atoms with van der Waals surface area (Å²) < 4.78 is 41.4. The van der Waals surface area contributed by atoms with E-state index in [2.05, 4.69) is 36.6 Å². The number of halogens is 2. The second-order valence-electron chi connectivity index (χ2n) is 26.7. The number of nitrogens with one attached hydrogen (secondary N) is 6. The third kappa shape index (κ3) is 17.9. The van der Waals surface area contributed by atoms with Crippen LogP contribution in [0.15, 0.2) is 115 Å². The van der Waals surface area contributed by atoms with Crippen LogP contribution in [0.25, 0.3) is 21.3 Å². The Kier molecular flexibility index (Phi) is 23.9. The van der Waals surface area contributed by atoms with Crippen molar-refractivity contribution in [1.29, 1.82) is 0 Å². The zero-order chi connectivity index (χ0) is 70.8. The molecule has 5 heterocycles. The zero-order valence-electron chi connectivity index (χ0n) is 55.4. The van der Waals surface area contributed by atoms with Crippen molar-refractivity contribution < 1.29 is 71.4 Å². The molecule has 0 spiro atoms. The first-order valence-electron chi connectivity index (χ1n) is 33.0. The average molecular weight is 1390 g/mol. The Labute approximate surface area is 570 Å². The number of carbonyl (C=O) groups is 9. The predicted octanol–water partition coefficient (Wildman–Crippen LogP) is 7.27. The van der Waals surface area contributed by atoms with E-state index >= 15 is 4.79 Å². The molecule has 2 unspecified atom stereocenters. The summed E-state index contributed by atoms with van der Waals surface area (Å²) >= 11 is 1.54. The number of aromatic amines is 1. The molecule has 6 aromatic rings. The number of nitrogens with two attached hydrogens (primary N) is 1. The number of hydrogen-bond acceptors (Lipinski definition) is 13. The number of likely N-dealkylation sites (tertiary alicyclic amines) is 1. The molecule has 0 saturated carbocycles. The van der Waals surface area contributed by atoms with Crippen molar-refractivity contribution in [3.63, 3.8) is 0 Å². The van der Waals surface area contributed by atoms with Gasteiger partial charge in [-0.25, -0.2) is 4.98 Å². The third-order valence-electron chi connectivity index (χ3n) is 18.4. The molecule has 3 aliphatic rings. The topological polar surface area (TPSA) is 356 Å². The number of alkyl halides is 2. The molecule has 4 aromatic carbocycles. The zero-order valence-corrected chi connectivity index (χ0v) is 57.1. The lowest BCUT2D eigenvalue weighted by Gasteiger charge is -2.39. The number of benzene rings is 4. The number of H-pyrrole nitrogens is 1. The van der Waals surface area contributed by atoms with Crippen molar-refractivity contribution in [2.45, 2.75) is 178 Å². The molecule has 11 N–H and O–H groups in total. The minimum Gasteiger partial charge on any atom is -0.391 e. The van der Waals surface area contributed by atoms with Gasteiger partial charge in [0.25, 0.3) is 5.91 Å². The molecule has 524 valence electrons. The number of thiazole rings is 1. The van der Waals surface area contributed by atoms with E-state index in [4.69, 9.17) is 5.73 Å². The summed E-state index contributed by atoms with van der Waals surface area (Å²) in [5, 5.41) is 25.2. The molecule has 3 saturated heterocycles. The maximum absolute atomic E-state index is 15.1. The quantitative estimate of drug-likeness (QED) is 0.0179. The molecule has 9 rings (SSSR count). The van der Waals surface area contributed by atoms with Gasteiger partial charge >= 0.3 is 13.3 Å². The highest BCUT2D eigenvalue weighted by Gasteiger charge is 2.51. The van der Waals surface area contributed by atoms with E-state index in [9.17, 15) is 66.6 Å². The van der Waals surface area contributed by atoms with Crippen molar-refractivity contribution in [3.8, 4) is 10.4 Å². The van der Waals surface area contributed by atoms with Crippen LogP contribution in [-0.4, -0.2) is 155 Å². The van der Waals surface area contributed by atoms with E-state index in [1.807, 2.05) is 120 Å². The molecule has 2 aromatic heterocycles. The molecule has 0 aliphatic carbocycles. The molecule has 9 amide bonds. The van der Waals surface area contributed by atoms with Gasteiger partial charge in [0, 0.05) is 67.8 Å². The van der Waals surface area contributed by atoms with E-state index < -0.39 is 120 Å². The van der Waals surface area contributed by atoms with Crippen molar-refractivity contribution in [1.82, 2.24) is 51.3 Å². The van der Waals surface area contributed by atoms with Crippen LogP contribution >= 0.6 is 18.9 Å². The van der Waals surface area contributed by atoms with Crippen molar-refractivity contribution >= 4 is 83.0 Å². The molecule has 98 heavy (non-hydrogen) atoms. The molecule has 24 nitrogen and oxygen atoms in total. The van der Waals surface area contributed by atoms with Gasteiger partial charge in [-0.15, -0.1) is 11.3 Å². The number of rotatable bonds is 27. The number of aliphatic hydroxyl groups excluding tert-OH is 1. The van der Waals surface area contributed by atoms with Gasteiger partial charge in [0.05, 0.1) is 34.3 Å². The standard InChI is InChI=1S/C70H86F2N11O13PS/c1-41(43-23-25-46(26-24-43)61-42(2)74-40-98-61)75-66(91)56-37-50(84)38-82(56)68(93)62(69(3,4)5)79-58(86)21-15-7-6-8-16-22-59(87)81-34-33-49-28-31-55(65(90)77-52(30-32-57(73)85)63(88)80-60(44-17-11-9-12-18-44)45-19-13-10-14-20-45)83(49)67(92)54(39-81)78-64(89)53-36-47-35-48(27-29-51(47)76-53)70(71,72)97(94,95)96/h9-14,17-20,23-27,29,35-36,40-41,49-50,52,54-56,60,62,76,84H,6-8,15-16,21-22,28,30-34,37-39H2,1-5H3,(H2,73,85)(H,75,91)(H,77,90)(H,78,89)(H,79,86)(H,80,88)(H2,94,95,96)/t41-,49+,50+,52?,54-,55-,56-,62?/m0/s1. The van der Waals surface area contributed by atoms with Crippen LogP contribution in [0.5, 0.6) is 0 Å². The van der Waals surface area contributed by atoms with Gasteiger partial charge in [0.15, 0.2) is 0 Å². The lowest BCUT2D eigenvalue weighted by Crippen LogP contribution is -2.62. The summed E-state index contributed by atoms with van der Waals surface area (Å²) in [6, 6.07) is 22.3. The van der Waals surface area contributed by atoms with Crippen LogP contribution in [0.4, 0.5) is 8.78 Å². The average Bonchev–Trinajstić information content (AvgIpc) is 1.50. The van der Waals surface area contributed by atoms with Gasteiger partial charge in [-0.05, 0) is 98.2 Å². The monoisotopic (exact) mass is 1390 g/mol. The molecule has 3 aliphatic heterocycles. The number of hydrogen-bond donors (Lipinski definition) is 10. The molecular weight excluding hydrogens is 1300 g/mol. The number of aliphatic hydroxyl groups is 1. The van der Waals surface area contributed by atoms with Crippen molar-refractivity contribution in [3.05, 3.63) is 148 Å². The van der Waals surface area contributed by atoms with E-state index in [1.165, 1.54) is 14.7 Å². The van der Waals surface area contributed by atoms with Crippen molar-refractivity contribution in [2.75, 3.05) is 19.6 Å². The fourth-order valence-electron chi connectivity index (χ4n) is 13.0. The fraction of sp³-hybridized carbons (Fsp3) is 0.457. The maximum atomic E-state index is 15.1. The summed E-state index contributed by atoms with van der Waals surface area (Å²) in [5.41, 5.74) is 5.18. The number of primary amides is 1. The number of fused-ring (bicyclic) bond motifs is 2. The predicted molar refractivity (Wildman–Crippen MR) is 362 cm³/mol. The first-order chi connectivity index (χ1) is 46.5. The Morgan fingerprint density at radius 2 is 1.41 bits per heavy atom. The van der Waals surface area contributed by atoms with E-state index in [0.29, 0.717) is 32.1 Å². The van der Waals surface area contributed by atoms with Gasteiger partial charge < -0.3 is 66.9 Å². The Balaban J connectivity index is 0.818. The molecular formula is C70H86F2N11O13PS. The number of unbranched alkanes of at least 4 members (excludes halogenated alkanes) is 4. The highest BCUT2D eigenvalue weighted by atomic mass is 32.1. The second-order valence-corrected chi connectivity index (χ2v) is 29.2. The van der Waals surface area contributed by atoms with Gasteiger partial charge in [0.2, 0.25) is 47.3 Å². The van der Waals surface area contributed by atoms with Gasteiger partial charge in [-0.3, -0.25) is 47.7 Å². The number of aryl methyl sites for hydroxylation is 1. The number of β-amino-alcohol motifs (C(OH)–C–C–N with tert-alkyl or cyclic N) is 1. The third-order valence-corrected chi connectivity index (χ3v) is 20.4. The van der Waals surface area contributed by atoms with Gasteiger partial charge in [0.1, 0.15) is 35.9 Å². The molecule has 3 fully saturated rings. The molecule has 0 radical (unpaired) electrons. The van der Waals surface area contributed by atoms with Crippen LogP contribution in [0.1, 0.15) is 162 Å². The second kappa shape index (κ2) is 31.8. The van der Waals surface area contributed by atoms with Crippen LogP contribution in [-0.2, 0) is 48.6 Å². The molecule has 0 bridgehead atoms. The summed E-state index contributed by atoms with van der Waals surface area (Å²) in [7, 11) is -5.96. The summed E-state index contributed by atoms with van der Waals surface area (Å²) in [6.07, 6.45) is 2.06. The number of carbonyl (C=O) groups excluding carboxylic acids is 9. The Morgan fingerprint density at radius 3 is 2.03 bits per heavy atom. The minimum atomic E-state index is -5.96. The summed E-state index contributed by atoms with van der Waals surface area (Å²) in [6.45, 7) is 8.88. The number of nitrogens with zero attached hydrogens (tertiary/aromatic N) is 4. The number of aromatic nitrogens is 2. The van der Waals surface area contributed by atoms with Crippen molar-refractivity contribution in [2.24, 2.45) is 11.1 Å². The van der Waals surface area contributed by atoms with Gasteiger partial charge in [-0.2, -0.15) is 8.78 Å².